The first-order chi connectivity index (χ1) is 17.4. The third kappa shape index (κ3) is 6.31. The van der Waals surface area contributed by atoms with E-state index in [0.717, 1.165) is 42.0 Å². The number of hydroxylamine groups is 1. The number of aromatic nitrogens is 2. The number of rotatable bonds is 9. The van der Waals surface area contributed by atoms with Crippen molar-refractivity contribution in [3.05, 3.63) is 83.4 Å². The molecule has 0 saturated carbocycles. The Hall–Kier alpha value is -4.11. The van der Waals surface area contributed by atoms with E-state index < -0.39 is 0 Å². The van der Waals surface area contributed by atoms with Crippen molar-refractivity contribution in [1.82, 2.24) is 20.3 Å². The lowest BCUT2D eigenvalue weighted by molar-refractivity contribution is 0.0537. The maximum absolute atomic E-state index is 12.1. The van der Waals surface area contributed by atoms with Crippen LogP contribution in [-0.2, 0) is 17.7 Å². The van der Waals surface area contributed by atoms with E-state index in [4.69, 9.17) is 9.57 Å². The van der Waals surface area contributed by atoms with Gasteiger partial charge in [-0.25, -0.2) is 15.4 Å². The third-order valence-corrected chi connectivity index (χ3v) is 6.14. The molecular weight excluding hydrogens is 456 g/mol. The fourth-order valence-corrected chi connectivity index (χ4v) is 3.93. The average molecular weight is 489 g/mol. The van der Waals surface area contributed by atoms with E-state index in [1.165, 1.54) is 12.8 Å². The zero-order valence-electron chi connectivity index (χ0n) is 21.1. The van der Waals surface area contributed by atoms with E-state index in [-0.39, 0.29) is 5.91 Å². The number of ether oxygens (including phenoxy) is 1. The van der Waals surface area contributed by atoms with E-state index in [1.807, 2.05) is 36.7 Å². The van der Waals surface area contributed by atoms with Crippen molar-refractivity contribution < 1.29 is 14.4 Å². The van der Waals surface area contributed by atoms with Gasteiger partial charge in [0.2, 0.25) is 5.95 Å². The molecule has 0 radical (unpaired) electrons. The Morgan fingerprint density at radius 1 is 1.00 bits per heavy atom. The molecule has 0 atom stereocenters. The maximum atomic E-state index is 12.1. The lowest BCUT2D eigenvalue weighted by Crippen LogP contribution is -2.35. The Labute approximate surface area is 211 Å². The summed E-state index contributed by atoms with van der Waals surface area (Å²) in [6.07, 6.45) is 7.25. The molecule has 3 aromatic rings. The van der Waals surface area contributed by atoms with Gasteiger partial charge in [-0.05, 0) is 73.4 Å². The summed E-state index contributed by atoms with van der Waals surface area (Å²) in [6, 6.07) is 13.7. The van der Waals surface area contributed by atoms with Gasteiger partial charge >= 0.3 is 0 Å². The monoisotopic (exact) mass is 488 g/mol. The van der Waals surface area contributed by atoms with E-state index in [9.17, 15) is 4.79 Å². The molecule has 0 aliphatic carbocycles. The van der Waals surface area contributed by atoms with E-state index in [0.29, 0.717) is 23.7 Å². The van der Waals surface area contributed by atoms with Gasteiger partial charge in [-0.1, -0.05) is 0 Å². The molecule has 2 aromatic carbocycles. The molecule has 188 valence electrons. The molecule has 4 rings (SSSR count). The number of amides is 1. The largest absolute Gasteiger partial charge is 0.497 e. The molecule has 0 saturated heterocycles. The van der Waals surface area contributed by atoms with Gasteiger partial charge in [-0.2, -0.15) is 0 Å². The van der Waals surface area contributed by atoms with Crippen molar-refractivity contribution in [3.63, 3.8) is 0 Å². The number of carbonyl (C=O) groups is 1. The highest BCUT2D eigenvalue weighted by Crippen LogP contribution is 2.23. The smallest absolute Gasteiger partial charge is 0.274 e. The number of carbonyl (C=O) groups excluding carboxylic acids is 1. The summed E-state index contributed by atoms with van der Waals surface area (Å²) in [5.41, 5.74) is 8.13. The molecule has 36 heavy (non-hydrogen) atoms. The first-order valence-corrected chi connectivity index (χ1v) is 11.8. The fraction of sp³-hybridized carbons (Fsp3) is 0.296. The van der Waals surface area contributed by atoms with Crippen LogP contribution < -0.4 is 20.4 Å². The van der Waals surface area contributed by atoms with E-state index >= 15 is 0 Å². The molecular formula is C27H32N6O3. The number of benzene rings is 2. The second-order valence-corrected chi connectivity index (χ2v) is 8.68. The van der Waals surface area contributed by atoms with Crippen LogP contribution >= 0.6 is 0 Å². The number of allylic oxidation sites excluding steroid dienone is 1. The number of anilines is 3. The van der Waals surface area contributed by atoms with Crippen molar-refractivity contribution in [2.75, 3.05) is 44.6 Å². The molecule has 2 N–H and O–H groups in total. The predicted octanol–water partition coefficient (Wildman–Crippen LogP) is 3.92. The molecule has 9 heteroatoms. The summed E-state index contributed by atoms with van der Waals surface area (Å²) in [5.74, 6) is 0.843. The van der Waals surface area contributed by atoms with Gasteiger partial charge < -0.3 is 19.9 Å². The summed E-state index contributed by atoms with van der Waals surface area (Å²) in [6.45, 7) is 4.09. The number of hydrogen-bond acceptors (Lipinski definition) is 8. The molecule has 2 heterocycles. The maximum Gasteiger partial charge on any atom is 0.274 e. The van der Waals surface area contributed by atoms with Crippen molar-refractivity contribution in [2.24, 2.45) is 0 Å². The highest BCUT2D eigenvalue weighted by molar-refractivity contribution is 5.94. The Morgan fingerprint density at radius 3 is 2.39 bits per heavy atom. The van der Waals surface area contributed by atoms with Crippen LogP contribution in [0.5, 0.6) is 5.75 Å². The number of nitrogens with one attached hydrogen (secondary N) is 2. The molecule has 1 aliphatic rings. The van der Waals surface area contributed by atoms with Crippen LogP contribution in [0.1, 0.15) is 28.4 Å². The predicted molar refractivity (Wildman–Crippen MR) is 140 cm³/mol. The minimum absolute atomic E-state index is 0.320. The van der Waals surface area contributed by atoms with Crippen molar-refractivity contribution in [2.45, 2.75) is 19.8 Å². The number of likely N-dealkylation sites (N-methyl/N-ethyl adjacent to an activating group) is 1. The average Bonchev–Trinajstić information content (AvgIpc) is 2.90. The molecule has 1 aromatic heterocycles. The van der Waals surface area contributed by atoms with Crippen LogP contribution in [0.4, 0.5) is 17.3 Å². The zero-order chi connectivity index (χ0) is 25.5. The second kappa shape index (κ2) is 11.5. The van der Waals surface area contributed by atoms with Crippen LogP contribution in [0.15, 0.2) is 66.8 Å². The van der Waals surface area contributed by atoms with Crippen LogP contribution in [0, 0.1) is 0 Å². The van der Waals surface area contributed by atoms with Crippen LogP contribution in [0.2, 0.25) is 0 Å². The molecule has 0 fully saturated rings. The first-order valence-electron chi connectivity index (χ1n) is 11.8. The van der Waals surface area contributed by atoms with Crippen LogP contribution in [0.3, 0.4) is 0 Å². The van der Waals surface area contributed by atoms with E-state index in [1.54, 1.807) is 13.2 Å². The number of hydrogen-bond donors (Lipinski definition) is 2. The van der Waals surface area contributed by atoms with Gasteiger partial charge in [0, 0.05) is 61.4 Å². The van der Waals surface area contributed by atoms with Gasteiger partial charge in [0.15, 0.2) is 0 Å². The quantitative estimate of drug-likeness (QED) is 0.438. The molecule has 1 amide bonds. The normalized spacial score (nSPS) is 13.3. The van der Waals surface area contributed by atoms with Gasteiger partial charge in [-0.3, -0.25) is 9.63 Å². The summed E-state index contributed by atoms with van der Waals surface area (Å²) in [4.78, 5) is 30.3. The van der Waals surface area contributed by atoms with E-state index in [2.05, 4.69) is 62.9 Å². The van der Waals surface area contributed by atoms with Gasteiger partial charge in [0.1, 0.15) is 5.75 Å². The van der Waals surface area contributed by atoms with Gasteiger partial charge in [-0.15, -0.1) is 0 Å². The number of nitrogens with zero attached hydrogens (tertiary/aromatic N) is 4. The van der Waals surface area contributed by atoms with Crippen molar-refractivity contribution in [3.8, 4) is 5.75 Å². The SMILES string of the molecule is CONC(=O)c1cc(CCc2cnc(Nc3ccc(N4C=C(C)N(C)CC4)cc3)nc2)cc(OC)c1. The number of aryl methyl sites for hydroxylation is 2. The summed E-state index contributed by atoms with van der Waals surface area (Å²) >= 11 is 0. The topological polar surface area (TPSA) is 91.8 Å². The lowest BCUT2D eigenvalue weighted by atomic mass is 10.0. The Kier molecular flexibility index (Phi) is 8.02. The highest BCUT2D eigenvalue weighted by Gasteiger charge is 2.13. The zero-order valence-corrected chi connectivity index (χ0v) is 21.1. The second-order valence-electron chi connectivity index (χ2n) is 8.68. The first kappa shape index (κ1) is 25.0. The molecule has 1 aliphatic heterocycles. The highest BCUT2D eigenvalue weighted by atomic mass is 16.6. The Morgan fingerprint density at radius 2 is 1.72 bits per heavy atom. The third-order valence-electron chi connectivity index (χ3n) is 6.14. The van der Waals surface area contributed by atoms with Gasteiger partial charge in [0.25, 0.3) is 5.91 Å². The molecule has 9 nitrogen and oxygen atoms in total. The minimum atomic E-state index is -0.320. The summed E-state index contributed by atoms with van der Waals surface area (Å²) in [5, 5.41) is 3.26. The summed E-state index contributed by atoms with van der Waals surface area (Å²) < 4.78 is 5.34. The standard InChI is InChI=1S/C27H32N6O3/c1-19-18-33(12-11-32(19)2)24-9-7-23(8-10-24)30-27-28-16-21(17-29-27)6-5-20-13-22(26(34)31-36-4)15-25(14-20)35-3/h7-10,13-18H,5-6,11-12H2,1-4H3,(H,31,34)(H,28,29,30). The minimum Gasteiger partial charge on any atom is -0.497 e. The lowest BCUT2D eigenvalue weighted by Gasteiger charge is -2.32. The summed E-state index contributed by atoms with van der Waals surface area (Å²) in [7, 11) is 5.09. The van der Waals surface area contributed by atoms with Crippen LogP contribution in [-0.4, -0.2) is 55.1 Å². The Bertz CT molecular complexity index is 1210. The molecule has 0 unspecified atom stereocenters. The molecule has 0 bridgehead atoms. The molecule has 0 spiro atoms. The van der Waals surface area contributed by atoms with Crippen LogP contribution in [0.25, 0.3) is 0 Å². The fourth-order valence-electron chi connectivity index (χ4n) is 3.93. The number of methoxy groups -OCH3 is 1. The Balaban J connectivity index is 1.35. The van der Waals surface area contributed by atoms with Crippen molar-refractivity contribution in [1.29, 1.82) is 0 Å². The van der Waals surface area contributed by atoms with Crippen molar-refractivity contribution >= 4 is 23.2 Å². The van der Waals surface area contributed by atoms with Gasteiger partial charge in [0.05, 0.1) is 14.2 Å².